The van der Waals surface area contributed by atoms with Crippen molar-refractivity contribution < 1.29 is 0 Å². The van der Waals surface area contributed by atoms with Crippen LogP contribution in [0, 0.1) is 0 Å². The maximum absolute atomic E-state index is 5.44. The average molecular weight is 126 g/mol. The van der Waals surface area contributed by atoms with Crippen LogP contribution in [0.25, 0.3) is 0 Å². The summed E-state index contributed by atoms with van der Waals surface area (Å²) >= 11 is 5.44. The smallest absolute Gasteiger partial charge is 0.165 e. The molecule has 0 spiro atoms. The highest BCUT2D eigenvalue weighted by Crippen LogP contribution is 1.95. The van der Waals surface area contributed by atoms with E-state index in [9.17, 15) is 0 Å². The Hall–Kier alpha value is -0.565. The minimum absolute atomic E-state index is 0.440. The zero-order valence-corrected chi connectivity index (χ0v) is 5.18. The Morgan fingerprint density at radius 2 is 2.12 bits per heavy atom. The van der Waals surface area contributed by atoms with E-state index in [4.69, 9.17) is 11.6 Å². The van der Waals surface area contributed by atoms with Gasteiger partial charge in [-0.05, 0) is 12.1 Å². The van der Waals surface area contributed by atoms with E-state index >= 15 is 0 Å². The van der Waals surface area contributed by atoms with Gasteiger partial charge in [-0.25, -0.2) is 0 Å². The Bertz CT molecular complexity index is 153. The Kier molecular flexibility index (Phi) is 1.49. The van der Waals surface area contributed by atoms with Crippen LogP contribution in [0.1, 0.15) is 0 Å². The van der Waals surface area contributed by atoms with Gasteiger partial charge >= 0.3 is 0 Å². The van der Waals surface area contributed by atoms with Crippen LogP contribution in [0.5, 0.6) is 0 Å². The van der Waals surface area contributed by atoms with Gasteiger partial charge in [-0.15, -0.1) is 5.10 Å². The van der Waals surface area contributed by atoms with Crippen molar-refractivity contribution in [2.24, 2.45) is 0 Å². The first-order valence-corrected chi connectivity index (χ1v) is 2.62. The van der Waals surface area contributed by atoms with Crippen molar-refractivity contribution in [3.05, 3.63) is 17.3 Å². The lowest BCUT2D eigenvalue weighted by atomic mass is 10.1. The van der Waals surface area contributed by atoms with Crippen molar-refractivity contribution in [3.8, 4) is 0 Å². The molecule has 40 valence electrons. The van der Waals surface area contributed by atoms with Gasteiger partial charge in [0.2, 0.25) is 0 Å². The van der Waals surface area contributed by atoms with Crippen LogP contribution in [0.2, 0.25) is 5.15 Å². The predicted octanol–water partition coefficient (Wildman–Crippen LogP) is -0.612. The van der Waals surface area contributed by atoms with E-state index in [2.05, 4.69) is 10.2 Å². The summed E-state index contributed by atoms with van der Waals surface area (Å²) in [5, 5.41) is 7.73. The minimum atomic E-state index is 0.440. The van der Waals surface area contributed by atoms with E-state index in [-0.39, 0.29) is 0 Å². The standard InChI is InChI=1S/C4H4BClN2/c5-3-1-2-4(6)8-7-3/h1-2H,5H2. The van der Waals surface area contributed by atoms with Crippen LogP contribution in [0.4, 0.5) is 0 Å². The van der Waals surface area contributed by atoms with Gasteiger partial charge in [0.25, 0.3) is 0 Å². The number of hydrogen-bond acceptors (Lipinski definition) is 2. The van der Waals surface area contributed by atoms with E-state index in [0.29, 0.717) is 5.15 Å². The summed E-state index contributed by atoms with van der Waals surface area (Å²) in [6.45, 7) is 0. The Labute approximate surface area is 53.3 Å². The summed E-state index contributed by atoms with van der Waals surface area (Å²) in [6.07, 6.45) is 0. The lowest BCUT2D eigenvalue weighted by Crippen LogP contribution is -2.07. The number of rotatable bonds is 0. The van der Waals surface area contributed by atoms with Crippen molar-refractivity contribution >= 4 is 25.0 Å². The number of nitrogens with zero attached hydrogens (tertiary/aromatic N) is 2. The molecule has 0 unspecified atom stereocenters. The zero-order chi connectivity index (χ0) is 5.98. The molecule has 1 rings (SSSR count). The normalized spacial score (nSPS) is 9.12. The first kappa shape index (κ1) is 5.57. The second-order valence-corrected chi connectivity index (χ2v) is 1.88. The molecule has 0 aromatic carbocycles. The fraction of sp³-hybridized carbons (Fsp3) is 0. The number of aromatic nitrogens is 2. The maximum Gasteiger partial charge on any atom is 0.166 e. The molecule has 0 atom stereocenters. The van der Waals surface area contributed by atoms with E-state index in [0.717, 1.165) is 5.59 Å². The van der Waals surface area contributed by atoms with Gasteiger partial charge in [-0.1, -0.05) is 11.6 Å². The van der Waals surface area contributed by atoms with Crippen LogP contribution >= 0.6 is 11.6 Å². The lowest BCUT2D eigenvalue weighted by Gasteiger charge is -1.86. The van der Waals surface area contributed by atoms with Crippen LogP contribution in [-0.2, 0) is 0 Å². The van der Waals surface area contributed by atoms with Crippen LogP contribution < -0.4 is 5.59 Å². The van der Waals surface area contributed by atoms with Gasteiger partial charge in [0, 0.05) is 5.59 Å². The molecule has 0 amide bonds. The summed E-state index contributed by atoms with van der Waals surface area (Å²) in [7, 11) is 1.86. The highest BCUT2D eigenvalue weighted by Gasteiger charge is 1.85. The first-order chi connectivity index (χ1) is 3.79. The molecule has 0 saturated heterocycles. The van der Waals surface area contributed by atoms with Gasteiger partial charge in [0.05, 0.1) is 0 Å². The average Bonchev–Trinajstić information content (AvgIpc) is 1.77. The number of halogens is 1. The summed E-state index contributed by atoms with van der Waals surface area (Å²) in [5.41, 5.74) is 0.884. The second kappa shape index (κ2) is 2.14. The van der Waals surface area contributed by atoms with Gasteiger partial charge in [0.15, 0.2) is 13.0 Å². The van der Waals surface area contributed by atoms with Gasteiger partial charge < -0.3 is 0 Å². The van der Waals surface area contributed by atoms with Crippen molar-refractivity contribution in [3.63, 3.8) is 0 Å². The van der Waals surface area contributed by atoms with Crippen LogP contribution in [-0.4, -0.2) is 18.0 Å². The first-order valence-electron chi connectivity index (χ1n) is 2.25. The van der Waals surface area contributed by atoms with E-state index in [1.54, 1.807) is 6.07 Å². The third-order valence-corrected chi connectivity index (χ3v) is 0.967. The third kappa shape index (κ3) is 1.20. The van der Waals surface area contributed by atoms with Gasteiger partial charge in [-0.3, -0.25) is 0 Å². The molecule has 0 bridgehead atoms. The molecule has 8 heavy (non-hydrogen) atoms. The summed E-state index contributed by atoms with van der Waals surface area (Å²) < 4.78 is 0. The minimum Gasteiger partial charge on any atom is -0.165 e. The zero-order valence-electron chi connectivity index (χ0n) is 4.43. The highest BCUT2D eigenvalue weighted by atomic mass is 35.5. The molecular weight excluding hydrogens is 122 g/mol. The van der Waals surface area contributed by atoms with Crippen molar-refractivity contribution in [2.45, 2.75) is 0 Å². The molecule has 0 fully saturated rings. The molecule has 1 aromatic heterocycles. The van der Waals surface area contributed by atoms with Crippen molar-refractivity contribution in [1.82, 2.24) is 10.2 Å². The van der Waals surface area contributed by atoms with E-state index < -0.39 is 0 Å². The quantitative estimate of drug-likeness (QED) is 0.433. The summed E-state index contributed by atoms with van der Waals surface area (Å²) in [5.74, 6) is 0. The fourth-order valence-electron chi connectivity index (χ4n) is 0.383. The van der Waals surface area contributed by atoms with Crippen LogP contribution in [0.3, 0.4) is 0 Å². The van der Waals surface area contributed by atoms with Crippen molar-refractivity contribution in [2.75, 3.05) is 0 Å². The largest absolute Gasteiger partial charge is 0.166 e. The molecule has 2 nitrogen and oxygen atoms in total. The monoisotopic (exact) mass is 126 g/mol. The van der Waals surface area contributed by atoms with Crippen LogP contribution in [0.15, 0.2) is 12.1 Å². The second-order valence-electron chi connectivity index (χ2n) is 1.50. The molecular formula is C4H4BClN2. The molecule has 0 saturated carbocycles. The SMILES string of the molecule is Bc1ccc(Cl)nn1. The van der Waals surface area contributed by atoms with E-state index in [1.165, 1.54) is 0 Å². The molecule has 0 aliphatic heterocycles. The fourth-order valence-corrected chi connectivity index (χ4v) is 0.483. The molecule has 0 radical (unpaired) electrons. The van der Waals surface area contributed by atoms with Gasteiger partial charge in [-0.2, -0.15) is 5.10 Å². The molecule has 0 aliphatic rings. The summed E-state index contributed by atoms with van der Waals surface area (Å²) in [6, 6.07) is 3.53. The third-order valence-electron chi connectivity index (χ3n) is 0.765. The molecule has 4 heteroatoms. The topological polar surface area (TPSA) is 25.8 Å². The molecule has 0 aliphatic carbocycles. The Balaban J connectivity index is 3.03. The summed E-state index contributed by atoms with van der Waals surface area (Å²) in [4.78, 5) is 0. The molecule has 1 aromatic rings. The number of hydrogen-bond donors (Lipinski definition) is 0. The molecule has 0 N–H and O–H groups in total. The Morgan fingerprint density at radius 1 is 1.38 bits per heavy atom. The molecule has 1 heterocycles. The predicted molar refractivity (Wildman–Crippen MR) is 35.2 cm³/mol. The van der Waals surface area contributed by atoms with E-state index in [1.807, 2.05) is 13.9 Å². The van der Waals surface area contributed by atoms with Gasteiger partial charge in [0.1, 0.15) is 0 Å². The maximum atomic E-state index is 5.44. The highest BCUT2D eigenvalue weighted by molar-refractivity contribution is 6.31. The lowest BCUT2D eigenvalue weighted by molar-refractivity contribution is 1.06. The Morgan fingerprint density at radius 3 is 2.50 bits per heavy atom. The van der Waals surface area contributed by atoms with Crippen molar-refractivity contribution in [1.29, 1.82) is 0 Å².